The van der Waals surface area contributed by atoms with E-state index < -0.39 is 22.3 Å². The Kier molecular flexibility index (Phi) is 7.92. The van der Waals surface area contributed by atoms with Crippen molar-refractivity contribution in [2.24, 2.45) is 5.73 Å². The Morgan fingerprint density at radius 1 is 1.24 bits per heavy atom. The van der Waals surface area contributed by atoms with Gasteiger partial charge in [-0.15, -0.1) is 0 Å². The fraction of sp³-hybridized carbons (Fsp3) is 0.455. The zero-order valence-electron chi connectivity index (χ0n) is 11.3. The van der Waals surface area contributed by atoms with Crippen LogP contribution >= 0.6 is 0 Å². The number of nitrogens with two attached hydrogens (primary N) is 1. The molecule has 0 saturated carbocycles. The van der Waals surface area contributed by atoms with Crippen LogP contribution in [0.2, 0.25) is 0 Å². The maximum Gasteiger partial charge on any atom is 0.317 e. The van der Waals surface area contributed by atoms with E-state index in [-0.39, 0.29) is 18.0 Å². The molecule has 1 aromatic rings. The summed E-state index contributed by atoms with van der Waals surface area (Å²) < 4.78 is 29.6. The Balaban J connectivity index is 0.000000384. The SMILES string of the molecule is Cc1ccc(S(=O)(=O)O)cc1.NCCNC(O)C(O)(O)O. The molecule has 1 atom stereocenters. The van der Waals surface area contributed by atoms with Crippen LogP contribution in [0.15, 0.2) is 29.2 Å². The van der Waals surface area contributed by atoms with Gasteiger partial charge in [-0.05, 0) is 19.1 Å². The minimum absolute atomic E-state index is 0.0666. The summed E-state index contributed by atoms with van der Waals surface area (Å²) in [5, 5.41) is 35.6. The molecule has 0 heterocycles. The lowest BCUT2D eigenvalue weighted by Crippen LogP contribution is -2.51. The van der Waals surface area contributed by atoms with Gasteiger partial charge in [0, 0.05) is 13.1 Å². The lowest BCUT2D eigenvalue weighted by molar-refractivity contribution is -0.359. The third kappa shape index (κ3) is 8.70. The monoisotopic (exact) mass is 324 g/mol. The summed E-state index contributed by atoms with van der Waals surface area (Å²) in [4.78, 5) is -0.0666. The van der Waals surface area contributed by atoms with Crippen molar-refractivity contribution in [2.45, 2.75) is 24.0 Å². The molecule has 0 spiro atoms. The molecular formula is C11H20N2O7S. The fourth-order valence-electron chi connectivity index (χ4n) is 1.07. The van der Waals surface area contributed by atoms with E-state index in [1.165, 1.54) is 12.1 Å². The molecule has 0 aromatic heterocycles. The molecule has 0 fully saturated rings. The van der Waals surface area contributed by atoms with Crippen LogP contribution in [0.25, 0.3) is 0 Å². The van der Waals surface area contributed by atoms with Gasteiger partial charge >= 0.3 is 5.97 Å². The number of hydrogen-bond donors (Lipinski definition) is 7. The first-order valence-corrected chi connectivity index (χ1v) is 7.25. The van der Waals surface area contributed by atoms with Crippen molar-refractivity contribution in [1.29, 1.82) is 0 Å². The number of aliphatic hydroxyl groups excluding tert-OH is 1. The predicted octanol–water partition coefficient (Wildman–Crippen LogP) is -2.27. The molecule has 8 N–H and O–H groups in total. The van der Waals surface area contributed by atoms with Crippen LogP contribution in [0.5, 0.6) is 0 Å². The van der Waals surface area contributed by atoms with Crippen LogP contribution in [0.1, 0.15) is 5.56 Å². The van der Waals surface area contributed by atoms with E-state index in [1.807, 2.05) is 6.92 Å². The van der Waals surface area contributed by atoms with Gasteiger partial charge in [0.05, 0.1) is 4.90 Å². The highest BCUT2D eigenvalue weighted by molar-refractivity contribution is 7.85. The standard InChI is InChI=1S/C7H8O3S.C4H12N2O4/c1-6-2-4-7(5-3-6)11(8,9)10;5-1-2-6-3(7)4(8,9)10/h2-5H,1H3,(H,8,9,10);3,6-10H,1-2,5H2. The van der Waals surface area contributed by atoms with Crippen molar-refractivity contribution in [3.63, 3.8) is 0 Å². The lowest BCUT2D eigenvalue weighted by Gasteiger charge is -2.21. The Morgan fingerprint density at radius 3 is 2.05 bits per heavy atom. The maximum atomic E-state index is 10.5. The van der Waals surface area contributed by atoms with E-state index >= 15 is 0 Å². The second-order valence-corrected chi connectivity index (χ2v) is 5.54. The van der Waals surface area contributed by atoms with Crippen LogP contribution in [0.4, 0.5) is 0 Å². The Labute approximate surface area is 122 Å². The first-order valence-electron chi connectivity index (χ1n) is 5.81. The van der Waals surface area contributed by atoms with Crippen LogP contribution in [-0.4, -0.2) is 58.7 Å². The van der Waals surface area contributed by atoms with Gasteiger partial charge in [0.25, 0.3) is 10.1 Å². The average molecular weight is 324 g/mol. The van der Waals surface area contributed by atoms with E-state index in [9.17, 15) is 8.42 Å². The Hall–Kier alpha value is -1.11. The van der Waals surface area contributed by atoms with Gasteiger partial charge in [0.1, 0.15) is 0 Å². The van der Waals surface area contributed by atoms with Gasteiger partial charge in [-0.3, -0.25) is 9.87 Å². The number of aliphatic hydroxyl groups is 4. The van der Waals surface area contributed by atoms with Gasteiger partial charge in [-0.25, -0.2) is 0 Å². The number of benzene rings is 1. The molecule has 0 radical (unpaired) electrons. The summed E-state index contributed by atoms with van der Waals surface area (Å²) in [5.74, 6) is -3.10. The summed E-state index contributed by atoms with van der Waals surface area (Å²) in [5.41, 5.74) is 5.96. The normalized spacial score (nSPS) is 13.3. The zero-order valence-corrected chi connectivity index (χ0v) is 12.2. The average Bonchev–Trinajstić information content (AvgIpc) is 2.35. The molecule has 0 aliphatic carbocycles. The highest BCUT2D eigenvalue weighted by atomic mass is 32.2. The van der Waals surface area contributed by atoms with Gasteiger partial charge in [0.2, 0.25) is 0 Å². The number of nitrogens with one attached hydrogen (secondary N) is 1. The highest BCUT2D eigenvalue weighted by Gasteiger charge is 2.29. The van der Waals surface area contributed by atoms with Gasteiger partial charge in [0.15, 0.2) is 6.23 Å². The third-order valence-electron chi connectivity index (χ3n) is 2.17. The summed E-state index contributed by atoms with van der Waals surface area (Å²) in [6.07, 6.45) is -1.80. The second kappa shape index (κ2) is 8.36. The van der Waals surface area contributed by atoms with Crippen LogP contribution in [-0.2, 0) is 10.1 Å². The molecule has 1 unspecified atom stereocenters. The predicted molar refractivity (Wildman–Crippen MR) is 73.4 cm³/mol. The van der Waals surface area contributed by atoms with Crippen molar-refractivity contribution < 1.29 is 33.4 Å². The highest BCUT2D eigenvalue weighted by Crippen LogP contribution is 2.08. The third-order valence-corrected chi connectivity index (χ3v) is 3.04. The zero-order chi connectivity index (χ0) is 16.7. The number of aryl methyl sites for hydroxylation is 1. The minimum atomic E-state index is -4.02. The van der Waals surface area contributed by atoms with Crippen molar-refractivity contribution in [3.8, 4) is 0 Å². The lowest BCUT2D eigenvalue weighted by atomic mass is 10.2. The van der Waals surface area contributed by atoms with E-state index in [1.54, 1.807) is 12.1 Å². The second-order valence-electron chi connectivity index (χ2n) is 4.12. The molecule has 21 heavy (non-hydrogen) atoms. The summed E-state index contributed by atoms with van der Waals surface area (Å²) >= 11 is 0. The van der Waals surface area contributed by atoms with Crippen LogP contribution in [0, 0.1) is 6.92 Å². The molecule has 122 valence electrons. The molecule has 1 rings (SSSR count). The smallest absolute Gasteiger partial charge is 0.317 e. The van der Waals surface area contributed by atoms with Crippen molar-refractivity contribution in [1.82, 2.24) is 5.32 Å². The molecule has 0 amide bonds. The van der Waals surface area contributed by atoms with Crippen molar-refractivity contribution in [2.75, 3.05) is 13.1 Å². The topological polar surface area (TPSA) is 173 Å². The van der Waals surface area contributed by atoms with E-state index in [2.05, 4.69) is 5.32 Å². The van der Waals surface area contributed by atoms with E-state index in [0.717, 1.165) is 5.56 Å². The fourth-order valence-corrected chi connectivity index (χ4v) is 1.55. The maximum absolute atomic E-state index is 10.5. The Bertz CT molecular complexity index is 510. The largest absolute Gasteiger partial charge is 0.371 e. The van der Waals surface area contributed by atoms with Crippen molar-refractivity contribution in [3.05, 3.63) is 29.8 Å². The minimum Gasteiger partial charge on any atom is -0.371 e. The van der Waals surface area contributed by atoms with Gasteiger partial charge < -0.3 is 26.2 Å². The van der Waals surface area contributed by atoms with Crippen molar-refractivity contribution >= 4 is 10.1 Å². The molecule has 0 bridgehead atoms. The quantitative estimate of drug-likeness (QED) is 0.233. The van der Waals surface area contributed by atoms with E-state index in [4.69, 9.17) is 30.7 Å². The van der Waals surface area contributed by atoms with Crippen LogP contribution in [0.3, 0.4) is 0 Å². The first kappa shape index (κ1) is 19.9. The summed E-state index contributed by atoms with van der Waals surface area (Å²) in [7, 11) is -4.02. The van der Waals surface area contributed by atoms with Crippen LogP contribution < -0.4 is 11.1 Å². The molecule has 0 saturated heterocycles. The molecule has 0 aliphatic rings. The number of hydrogen-bond acceptors (Lipinski definition) is 8. The molecular weight excluding hydrogens is 304 g/mol. The van der Waals surface area contributed by atoms with Gasteiger partial charge in [-0.2, -0.15) is 8.42 Å². The van der Waals surface area contributed by atoms with Gasteiger partial charge in [-0.1, -0.05) is 17.7 Å². The number of rotatable bonds is 5. The Morgan fingerprint density at radius 2 is 1.71 bits per heavy atom. The molecule has 9 nitrogen and oxygen atoms in total. The molecule has 1 aromatic carbocycles. The first-order chi connectivity index (χ1) is 9.48. The molecule has 10 heteroatoms. The summed E-state index contributed by atoms with van der Waals surface area (Å²) in [6, 6.07) is 5.99. The summed E-state index contributed by atoms with van der Waals surface area (Å²) in [6.45, 7) is 2.26. The molecule has 0 aliphatic heterocycles. The van der Waals surface area contributed by atoms with E-state index in [0.29, 0.717) is 0 Å².